The highest BCUT2D eigenvalue weighted by atomic mass is 35.5. The highest BCUT2D eigenvalue weighted by Crippen LogP contribution is 2.39. The number of carbonyl (C=O) groups is 1. The normalized spacial score (nSPS) is 11.7. The van der Waals surface area contributed by atoms with Gasteiger partial charge in [0.05, 0.1) is 23.6 Å². The second kappa shape index (κ2) is 6.70. The molecule has 0 aliphatic rings. The summed E-state index contributed by atoms with van der Waals surface area (Å²) < 4.78 is 51.2. The van der Waals surface area contributed by atoms with E-state index < -0.39 is 17.7 Å². The summed E-state index contributed by atoms with van der Waals surface area (Å²) in [5, 5.41) is -0.116. The van der Waals surface area contributed by atoms with Crippen LogP contribution < -0.4 is 4.74 Å². The van der Waals surface area contributed by atoms with Crippen LogP contribution >= 0.6 is 11.6 Å². The van der Waals surface area contributed by atoms with Gasteiger partial charge < -0.3 is 14.0 Å². The molecule has 8 heteroatoms. The Labute approximate surface area is 135 Å². The maximum absolute atomic E-state index is 13.2. The van der Waals surface area contributed by atoms with Gasteiger partial charge in [0.15, 0.2) is 0 Å². The molecule has 0 radical (unpaired) electrons. The van der Waals surface area contributed by atoms with Crippen LogP contribution in [0.25, 0.3) is 10.9 Å². The van der Waals surface area contributed by atoms with E-state index in [0.29, 0.717) is 0 Å². The third kappa shape index (κ3) is 3.39. The summed E-state index contributed by atoms with van der Waals surface area (Å²) in [5.74, 6) is -0.271. The first kappa shape index (κ1) is 17.5. The molecule has 0 saturated carbocycles. The van der Waals surface area contributed by atoms with Crippen LogP contribution in [0.4, 0.5) is 13.2 Å². The molecule has 0 amide bonds. The Balaban J connectivity index is 2.70. The van der Waals surface area contributed by atoms with Crippen molar-refractivity contribution >= 4 is 28.5 Å². The van der Waals surface area contributed by atoms with Crippen LogP contribution in [0, 0.1) is 0 Å². The van der Waals surface area contributed by atoms with E-state index >= 15 is 0 Å². The molecule has 4 nitrogen and oxygen atoms in total. The molecule has 0 aliphatic heterocycles. The number of fused-ring (bicyclic) bond motifs is 1. The number of aryl methyl sites for hydroxylation is 1. The van der Waals surface area contributed by atoms with Gasteiger partial charge in [0.25, 0.3) is 0 Å². The lowest BCUT2D eigenvalue weighted by molar-refractivity contribution is -0.136. The topological polar surface area (TPSA) is 40.5 Å². The highest BCUT2D eigenvalue weighted by Gasteiger charge is 2.34. The van der Waals surface area contributed by atoms with Crippen molar-refractivity contribution in [2.45, 2.75) is 13.1 Å². The Kier molecular flexibility index (Phi) is 5.09. The number of carbonyl (C=O) groups excluding carboxylic acids is 1. The van der Waals surface area contributed by atoms with Crippen LogP contribution in [0.15, 0.2) is 18.2 Å². The third-order valence-corrected chi connectivity index (χ3v) is 3.44. The van der Waals surface area contributed by atoms with Crippen molar-refractivity contribution in [1.82, 2.24) is 4.57 Å². The zero-order valence-electron chi connectivity index (χ0n) is 12.5. The summed E-state index contributed by atoms with van der Waals surface area (Å²) in [7, 11) is 1.49. The van der Waals surface area contributed by atoms with E-state index in [-0.39, 0.29) is 41.4 Å². The number of hydrogen-bond donors (Lipinski definition) is 0. The van der Waals surface area contributed by atoms with Gasteiger partial charge in [0, 0.05) is 12.4 Å². The number of nitrogens with zero attached hydrogens (tertiary/aromatic N) is 1. The minimum atomic E-state index is -4.55. The molecule has 0 spiro atoms. The minimum Gasteiger partial charge on any atom is -0.490 e. The van der Waals surface area contributed by atoms with E-state index in [2.05, 4.69) is 0 Å². The molecule has 0 atom stereocenters. The van der Waals surface area contributed by atoms with Crippen molar-refractivity contribution in [3.8, 4) is 5.75 Å². The molecule has 23 heavy (non-hydrogen) atoms. The smallest absolute Gasteiger partial charge is 0.417 e. The first-order valence-electron chi connectivity index (χ1n) is 6.86. The lowest BCUT2D eigenvalue weighted by Gasteiger charge is -2.13. The average Bonchev–Trinajstić information content (AvgIpc) is 2.82. The van der Waals surface area contributed by atoms with Crippen LogP contribution in [-0.2, 0) is 18.0 Å². The molecular weight excluding hydrogens is 335 g/mol. The van der Waals surface area contributed by atoms with Crippen molar-refractivity contribution in [3.63, 3.8) is 0 Å². The minimum absolute atomic E-state index is 0.0225. The summed E-state index contributed by atoms with van der Waals surface area (Å²) in [5.41, 5.74) is -0.640. The van der Waals surface area contributed by atoms with Gasteiger partial charge in [0.1, 0.15) is 18.1 Å². The number of ether oxygens (including phenoxy) is 2. The number of esters is 1. The van der Waals surface area contributed by atoms with Crippen LogP contribution in [-0.4, -0.2) is 29.6 Å². The van der Waals surface area contributed by atoms with E-state index in [0.717, 1.165) is 6.07 Å². The Morgan fingerprint density at radius 3 is 2.61 bits per heavy atom. The van der Waals surface area contributed by atoms with Crippen molar-refractivity contribution in [3.05, 3.63) is 29.5 Å². The molecule has 0 aliphatic carbocycles. The molecule has 0 N–H and O–H groups in total. The molecule has 1 aromatic carbocycles. The molecule has 2 aromatic rings. The van der Waals surface area contributed by atoms with Crippen molar-refractivity contribution in [1.29, 1.82) is 0 Å². The van der Waals surface area contributed by atoms with Crippen LogP contribution in [0.2, 0.25) is 0 Å². The maximum Gasteiger partial charge on any atom is 0.417 e. The summed E-state index contributed by atoms with van der Waals surface area (Å²) >= 11 is 5.56. The largest absolute Gasteiger partial charge is 0.490 e. The quantitative estimate of drug-likeness (QED) is 0.605. The number of alkyl halides is 4. The van der Waals surface area contributed by atoms with Gasteiger partial charge in [-0.2, -0.15) is 13.2 Å². The van der Waals surface area contributed by atoms with E-state index in [1.165, 1.54) is 23.7 Å². The lowest BCUT2D eigenvalue weighted by Crippen LogP contribution is -2.10. The number of aromatic nitrogens is 1. The van der Waals surface area contributed by atoms with Crippen LogP contribution in [0.1, 0.15) is 23.0 Å². The van der Waals surface area contributed by atoms with E-state index in [1.54, 1.807) is 6.92 Å². The monoisotopic (exact) mass is 349 g/mol. The average molecular weight is 350 g/mol. The van der Waals surface area contributed by atoms with Crippen molar-refractivity contribution < 1.29 is 27.4 Å². The zero-order chi connectivity index (χ0) is 17.2. The van der Waals surface area contributed by atoms with Gasteiger partial charge in [-0.25, -0.2) is 4.79 Å². The summed E-state index contributed by atoms with van der Waals surface area (Å²) in [6.45, 7) is 1.89. The molecule has 2 rings (SSSR count). The Bertz CT molecular complexity index is 725. The van der Waals surface area contributed by atoms with Crippen molar-refractivity contribution in [2.24, 2.45) is 7.05 Å². The van der Waals surface area contributed by atoms with Gasteiger partial charge in [0.2, 0.25) is 0 Å². The zero-order valence-corrected chi connectivity index (χ0v) is 13.3. The molecular formula is C15H15ClF3NO3. The van der Waals surface area contributed by atoms with Gasteiger partial charge in [-0.3, -0.25) is 0 Å². The van der Waals surface area contributed by atoms with E-state index in [4.69, 9.17) is 21.1 Å². The van der Waals surface area contributed by atoms with Crippen LogP contribution in [0.3, 0.4) is 0 Å². The highest BCUT2D eigenvalue weighted by molar-refractivity contribution is 6.18. The number of benzene rings is 1. The Morgan fingerprint density at radius 1 is 1.35 bits per heavy atom. The fraction of sp³-hybridized carbons (Fsp3) is 0.400. The first-order chi connectivity index (χ1) is 10.8. The number of halogens is 4. The second-order valence-corrected chi connectivity index (χ2v) is 5.10. The second-order valence-electron chi connectivity index (χ2n) is 4.72. The molecule has 126 valence electrons. The summed E-state index contributed by atoms with van der Waals surface area (Å²) in [4.78, 5) is 11.9. The van der Waals surface area contributed by atoms with Gasteiger partial charge in [-0.15, -0.1) is 11.6 Å². The van der Waals surface area contributed by atoms with Gasteiger partial charge in [-0.05, 0) is 25.1 Å². The first-order valence-corrected chi connectivity index (χ1v) is 7.40. The Hall–Kier alpha value is -1.89. The Morgan fingerprint density at radius 2 is 2.04 bits per heavy atom. The molecule has 0 fully saturated rings. The number of hydrogen-bond acceptors (Lipinski definition) is 3. The SMILES string of the molecule is CCOC(=O)c1cc2c(C(F)(F)F)ccc(OCCCl)c2n1C. The summed E-state index contributed by atoms with van der Waals surface area (Å²) in [6, 6.07) is 3.33. The third-order valence-electron chi connectivity index (χ3n) is 3.28. The van der Waals surface area contributed by atoms with E-state index in [1.807, 2.05) is 0 Å². The fourth-order valence-electron chi connectivity index (χ4n) is 2.35. The molecule has 0 unspecified atom stereocenters. The summed E-state index contributed by atoms with van der Waals surface area (Å²) in [6.07, 6.45) is -4.55. The molecule has 1 aromatic heterocycles. The van der Waals surface area contributed by atoms with Gasteiger partial charge in [-0.1, -0.05) is 0 Å². The fourth-order valence-corrected chi connectivity index (χ4v) is 2.42. The van der Waals surface area contributed by atoms with Gasteiger partial charge >= 0.3 is 12.1 Å². The molecule has 1 heterocycles. The standard InChI is InChI=1S/C15H15ClF3NO3/c1-3-22-14(21)11-8-9-10(15(17,18)19)4-5-12(23-7-6-16)13(9)20(11)2/h4-5,8H,3,6-7H2,1-2H3. The molecule has 0 bridgehead atoms. The predicted molar refractivity (Wildman–Crippen MR) is 80.1 cm³/mol. The lowest BCUT2D eigenvalue weighted by atomic mass is 10.1. The number of rotatable bonds is 5. The van der Waals surface area contributed by atoms with Crippen molar-refractivity contribution in [2.75, 3.05) is 19.1 Å². The molecule has 0 saturated heterocycles. The maximum atomic E-state index is 13.2. The predicted octanol–water partition coefficient (Wildman–Crippen LogP) is 3.99. The van der Waals surface area contributed by atoms with Crippen LogP contribution in [0.5, 0.6) is 5.75 Å². The van der Waals surface area contributed by atoms with E-state index in [9.17, 15) is 18.0 Å².